The summed E-state index contributed by atoms with van der Waals surface area (Å²) < 4.78 is 3.24. The van der Waals surface area contributed by atoms with Crippen LogP contribution in [0.25, 0.3) is 16.9 Å². The normalized spacial score (nSPS) is 14.7. The van der Waals surface area contributed by atoms with Crippen molar-refractivity contribution in [2.75, 3.05) is 36.4 Å². The number of aliphatic hydroxyl groups is 1. The van der Waals surface area contributed by atoms with Gasteiger partial charge in [-0.2, -0.15) is 4.98 Å². The van der Waals surface area contributed by atoms with E-state index in [1.165, 1.54) is 5.69 Å². The van der Waals surface area contributed by atoms with Crippen molar-refractivity contribution in [3.63, 3.8) is 0 Å². The maximum atomic E-state index is 13.3. The lowest BCUT2D eigenvalue weighted by Gasteiger charge is -2.38. The van der Waals surface area contributed by atoms with Crippen LogP contribution in [0, 0.1) is 0 Å². The van der Waals surface area contributed by atoms with Crippen molar-refractivity contribution in [2.45, 2.75) is 52.3 Å². The highest BCUT2D eigenvalue weighted by Crippen LogP contribution is 2.23. The van der Waals surface area contributed by atoms with E-state index in [0.717, 1.165) is 31.9 Å². The summed E-state index contributed by atoms with van der Waals surface area (Å²) in [7, 11) is 0. The molecule has 2 N–H and O–H groups in total. The van der Waals surface area contributed by atoms with Gasteiger partial charge < -0.3 is 15.3 Å². The van der Waals surface area contributed by atoms with Gasteiger partial charge in [-0.3, -0.25) is 9.69 Å². The Morgan fingerprint density at radius 1 is 1.07 bits per heavy atom. The molecule has 0 radical (unpaired) electrons. The van der Waals surface area contributed by atoms with Gasteiger partial charge in [-0.15, -0.1) is 6.58 Å². The molecule has 0 amide bonds. The van der Waals surface area contributed by atoms with Gasteiger partial charge in [0.15, 0.2) is 11.5 Å². The van der Waals surface area contributed by atoms with Crippen LogP contribution in [-0.4, -0.2) is 72.1 Å². The predicted octanol–water partition coefficient (Wildman–Crippen LogP) is 3.75. The molecule has 0 saturated carbocycles. The van der Waals surface area contributed by atoms with E-state index in [1.807, 2.05) is 30.3 Å². The highest BCUT2D eigenvalue weighted by molar-refractivity contribution is 5.77. The molecule has 0 aliphatic carbocycles. The second kappa shape index (κ2) is 11.2. The number of piperazine rings is 1. The summed E-state index contributed by atoms with van der Waals surface area (Å²) in [6.07, 6.45) is 3.58. The minimum Gasteiger partial charge on any atom is -0.390 e. The van der Waals surface area contributed by atoms with E-state index in [4.69, 9.17) is 9.97 Å². The Morgan fingerprint density at radius 3 is 2.45 bits per heavy atom. The number of aromatic nitrogens is 5. The van der Waals surface area contributed by atoms with Crippen LogP contribution in [-0.2, 0) is 13.0 Å². The molecule has 5 rings (SSSR count). The van der Waals surface area contributed by atoms with Crippen molar-refractivity contribution in [3.05, 3.63) is 77.4 Å². The van der Waals surface area contributed by atoms with E-state index in [-0.39, 0.29) is 12.1 Å². The van der Waals surface area contributed by atoms with Gasteiger partial charge in [0.25, 0.3) is 5.56 Å². The van der Waals surface area contributed by atoms with Crippen molar-refractivity contribution >= 4 is 28.4 Å². The first kappa shape index (κ1) is 27.5. The maximum absolute atomic E-state index is 13.3. The largest absolute Gasteiger partial charge is 0.390 e. The molecule has 1 fully saturated rings. The smallest absolute Gasteiger partial charge is 0.278 e. The number of nitrogens with zero attached hydrogens (tertiary/aromatic N) is 7. The Labute approximate surface area is 234 Å². The SMILES string of the molecule is C=CCn1c(=O)c2cnc(Nc3ccc(N4CCN(C(C)C)CC4)cc3)nc2n1-c1cccc(CC(C)(C)O)n1. The molecule has 1 aliphatic heterocycles. The summed E-state index contributed by atoms with van der Waals surface area (Å²) in [5, 5.41) is 14.0. The number of rotatable bonds is 9. The molecule has 0 atom stereocenters. The van der Waals surface area contributed by atoms with E-state index < -0.39 is 5.60 Å². The van der Waals surface area contributed by atoms with Gasteiger partial charge in [0.2, 0.25) is 5.95 Å². The van der Waals surface area contributed by atoms with Crippen LogP contribution in [0.15, 0.2) is 66.1 Å². The fraction of sp³-hybridized carbons (Fsp3) is 0.400. The Morgan fingerprint density at radius 2 is 1.80 bits per heavy atom. The van der Waals surface area contributed by atoms with Crippen LogP contribution in [0.2, 0.25) is 0 Å². The molecule has 0 bridgehead atoms. The molecule has 0 spiro atoms. The number of benzene rings is 1. The van der Waals surface area contributed by atoms with Crippen molar-refractivity contribution in [1.82, 2.24) is 29.2 Å². The second-order valence-corrected chi connectivity index (χ2v) is 11.2. The van der Waals surface area contributed by atoms with Crippen LogP contribution < -0.4 is 15.8 Å². The molecule has 1 aromatic carbocycles. The monoisotopic (exact) mass is 542 g/mol. The second-order valence-electron chi connectivity index (χ2n) is 11.2. The van der Waals surface area contributed by atoms with Gasteiger partial charge in [-0.1, -0.05) is 12.1 Å². The van der Waals surface area contributed by atoms with Gasteiger partial charge in [0.05, 0.1) is 12.1 Å². The van der Waals surface area contributed by atoms with Crippen LogP contribution in [0.5, 0.6) is 0 Å². The number of nitrogens with one attached hydrogen (secondary N) is 1. The van der Waals surface area contributed by atoms with E-state index >= 15 is 0 Å². The average molecular weight is 543 g/mol. The van der Waals surface area contributed by atoms with Gasteiger partial charge in [-0.05, 0) is 64.1 Å². The molecule has 10 nitrogen and oxygen atoms in total. The van der Waals surface area contributed by atoms with E-state index in [1.54, 1.807) is 35.5 Å². The summed E-state index contributed by atoms with van der Waals surface area (Å²) in [6.45, 7) is 16.2. The molecular weight excluding hydrogens is 504 g/mol. The zero-order valence-corrected chi connectivity index (χ0v) is 23.7. The standard InChI is InChI=1S/C30H38N8O2/c1-6-14-37-28(39)25-20-31-29(34-27(25)38(37)26-9-7-8-23(32-26)19-30(4,5)40)33-22-10-12-24(13-11-22)36-17-15-35(16-18-36)21(2)3/h6-13,20-21,40H,1,14-19H2,2-5H3,(H,31,33,34). The number of allylic oxidation sites excluding steroid dienone is 1. The Kier molecular flexibility index (Phi) is 7.73. The molecule has 3 aromatic heterocycles. The molecular formula is C30H38N8O2. The Bertz CT molecular complexity index is 1540. The zero-order valence-electron chi connectivity index (χ0n) is 23.7. The number of fused-ring (bicyclic) bond motifs is 1. The molecule has 4 aromatic rings. The Balaban J connectivity index is 1.43. The van der Waals surface area contributed by atoms with Crippen LogP contribution >= 0.6 is 0 Å². The van der Waals surface area contributed by atoms with Crippen LogP contribution in [0.3, 0.4) is 0 Å². The third-order valence-corrected chi connectivity index (χ3v) is 7.13. The first-order chi connectivity index (χ1) is 19.1. The van der Waals surface area contributed by atoms with Crippen molar-refractivity contribution < 1.29 is 5.11 Å². The van der Waals surface area contributed by atoms with E-state index in [2.05, 4.69) is 52.7 Å². The molecule has 210 valence electrons. The summed E-state index contributed by atoms with van der Waals surface area (Å²) in [6, 6.07) is 14.4. The molecule has 10 heteroatoms. The van der Waals surface area contributed by atoms with Crippen molar-refractivity contribution in [3.8, 4) is 5.82 Å². The minimum absolute atomic E-state index is 0.224. The third kappa shape index (κ3) is 5.93. The molecule has 1 aliphatic rings. The lowest BCUT2D eigenvalue weighted by Crippen LogP contribution is -2.48. The summed E-state index contributed by atoms with van der Waals surface area (Å²) in [5.74, 6) is 0.908. The van der Waals surface area contributed by atoms with Crippen LogP contribution in [0.4, 0.5) is 17.3 Å². The lowest BCUT2D eigenvalue weighted by atomic mass is 10.0. The topological polar surface area (TPSA) is 104 Å². The zero-order chi connectivity index (χ0) is 28.4. The first-order valence-corrected chi connectivity index (χ1v) is 13.8. The summed E-state index contributed by atoms with van der Waals surface area (Å²) in [4.78, 5) is 32.1. The Hall–Kier alpha value is -4.02. The van der Waals surface area contributed by atoms with Gasteiger partial charge in [0, 0.05) is 61.9 Å². The molecule has 40 heavy (non-hydrogen) atoms. The van der Waals surface area contributed by atoms with E-state index in [0.29, 0.717) is 41.0 Å². The third-order valence-electron chi connectivity index (χ3n) is 7.13. The van der Waals surface area contributed by atoms with Gasteiger partial charge in [-0.25, -0.2) is 19.3 Å². The molecule has 1 saturated heterocycles. The molecule has 4 heterocycles. The number of hydrogen-bond donors (Lipinski definition) is 2. The fourth-order valence-electron chi connectivity index (χ4n) is 5.12. The molecule has 0 unspecified atom stereocenters. The number of hydrogen-bond acceptors (Lipinski definition) is 8. The average Bonchev–Trinajstić information content (AvgIpc) is 3.19. The summed E-state index contributed by atoms with van der Waals surface area (Å²) >= 11 is 0. The first-order valence-electron chi connectivity index (χ1n) is 13.8. The quantitative estimate of drug-likeness (QED) is 0.308. The van der Waals surface area contributed by atoms with Gasteiger partial charge in [0.1, 0.15) is 5.39 Å². The number of pyridine rings is 1. The number of anilines is 3. The minimum atomic E-state index is -0.914. The highest BCUT2D eigenvalue weighted by atomic mass is 16.3. The maximum Gasteiger partial charge on any atom is 0.278 e. The van der Waals surface area contributed by atoms with Crippen LogP contribution in [0.1, 0.15) is 33.4 Å². The predicted molar refractivity (Wildman–Crippen MR) is 160 cm³/mol. The summed E-state index contributed by atoms with van der Waals surface area (Å²) in [5.41, 5.74) is 2.06. The van der Waals surface area contributed by atoms with E-state index in [9.17, 15) is 9.90 Å². The van der Waals surface area contributed by atoms with Crippen molar-refractivity contribution in [2.24, 2.45) is 0 Å². The fourth-order valence-corrected chi connectivity index (χ4v) is 5.12. The van der Waals surface area contributed by atoms with Crippen molar-refractivity contribution in [1.29, 1.82) is 0 Å². The highest BCUT2D eigenvalue weighted by Gasteiger charge is 2.21. The lowest BCUT2D eigenvalue weighted by molar-refractivity contribution is 0.0799. The van der Waals surface area contributed by atoms with Gasteiger partial charge >= 0.3 is 0 Å².